The average molecular weight is 343 g/mol. The van der Waals surface area contributed by atoms with Gasteiger partial charge in [0.1, 0.15) is 11.5 Å². The second-order valence-electron chi connectivity index (χ2n) is 4.99. The van der Waals surface area contributed by atoms with Crippen LogP contribution in [0.3, 0.4) is 0 Å². The highest BCUT2D eigenvalue weighted by Gasteiger charge is 2.32. The summed E-state index contributed by atoms with van der Waals surface area (Å²) >= 11 is 6.22. The van der Waals surface area contributed by atoms with E-state index in [-0.39, 0.29) is 5.75 Å². The number of anilines is 1. The van der Waals surface area contributed by atoms with Crippen LogP contribution in [-0.2, 0) is 22.2 Å². The van der Waals surface area contributed by atoms with Crippen molar-refractivity contribution in [2.75, 3.05) is 18.0 Å². The van der Waals surface area contributed by atoms with Gasteiger partial charge in [-0.05, 0) is 30.5 Å². The second-order valence-corrected chi connectivity index (χ2v) is 7.29. The van der Waals surface area contributed by atoms with E-state index in [9.17, 15) is 8.42 Å². The fourth-order valence-corrected chi connectivity index (χ4v) is 4.43. The van der Waals surface area contributed by atoms with Crippen LogP contribution in [0, 0.1) is 0 Å². The first-order chi connectivity index (χ1) is 10.5. The van der Waals surface area contributed by atoms with Crippen LogP contribution in [0.4, 0.5) is 5.69 Å². The molecular formula is C14H15ClN2O4S. The summed E-state index contributed by atoms with van der Waals surface area (Å²) < 4.78 is 37.1. The lowest BCUT2D eigenvalue weighted by Gasteiger charge is -2.32. The molecule has 8 heteroatoms. The van der Waals surface area contributed by atoms with Gasteiger partial charge in [0.25, 0.3) is 0 Å². The third kappa shape index (κ3) is 2.66. The molecule has 0 saturated carbocycles. The van der Waals surface area contributed by atoms with Gasteiger partial charge < -0.3 is 9.26 Å². The summed E-state index contributed by atoms with van der Waals surface area (Å²) in [6, 6.07) is 4.95. The van der Waals surface area contributed by atoms with Gasteiger partial charge in [-0.25, -0.2) is 8.42 Å². The van der Waals surface area contributed by atoms with E-state index in [1.807, 2.05) is 0 Å². The first-order valence-electron chi connectivity index (χ1n) is 6.78. The standard InChI is InChI=1S/C14H15ClN2O4S/c1-20-13-5-4-12(15)11-3-2-8-17(14(11)13)22(18,19)9-10-6-7-16-21-10/h4-7H,2-3,8-9H2,1H3. The summed E-state index contributed by atoms with van der Waals surface area (Å²) in [6.07, 6.45) is 2.85. The number of halogens is 1. The van der Waals surface area contributed by atoms with Crippen LogP contribution in [0.15, 0.2) is 28.9 Å². The molecule has 2 aromatic rings. The molecule has 0 atom stereocenters. The van der Waals surface area contributed by atoms with Gasteiger partial charge in [-0.3, -0.25) is 4.31 Å². The number of nitrogens with zero attached hydrogens (tertiary/aromatic N) is 2. The van der Waals surface area contributed by atoms with Crippen LogP contribution in [0.2, 0.25) is 5.02 Å². The Balaban J connectivity index is 2.06. The predicted octanol–water partition coefficient (Wildman–Crippen LogP) is 2.62. The normalized spacial score (nSPS) is 14.7. The average Bonchev–Trinajstić information content (AvgIpc) is 2.99. The van der Waals surface area contributed by atoms with Crippen molar-refractivity contribution in [3.63, 3.8) is 0 Å². The second kappa shape index (κ2) is 5.81. The number of hydrogen-bond donors (Lipinski definition) is 0. The van der Waals surface area contributed by atoms with Gasteiger partial charge in [0, 0.05) is 17.6 Å². The Morgan fingerprint density at radius 1 is 1.41 bits per heavy atom. The minimum Gasteiger partial charge on any atom is -0.495 e. The van der Waals surface area contributed by atoms with Crippen molar-refractivity contribution < 1.29 is 17.7 Å². The molecule has 1 aromatic carbocycles. The Morgan fingerprint density at radius 2 is 2.23 bits per heavy atom. The number of rotatable bonds is 4. The molecule has 22 heavy (non-hydrogen) atoms. The molecule has 0 saturated heterocycles. The molecule has 3 rings (SSSR count). The fraction of sp³-hybridized carbons (Fsp3) is 0.357. The van der Waals surface area contributed by atoms with Crippen molar-refractivity contribution in [3.05, 3.63) is 40.7 Å². The van der Waals surface area contributed by atoms with E-state index < -0.39 is 10.0 Å². The summed E-state index contributed by atoms with van der Waals surface area (Å²) in [6.45, 7) is 0.389. The van der Waals surface area contributed by atoms with Crippen molar-refractivity contribution in [2.24, 2.45) is 0 Å². The Kier molecular flexibility index (Phi) is 4.01. The quantitative estimate of drug-likeness (QED) is 0.854. The zero-order valence-corrected chi connectivity index (χ0v) is 13.5. The van der Waals surface area contributed by atoms with Gasteiger partial charge in [0.05, 0.1) is 19.0 Å². The molecule has 0 N–H and O–H groups in total. The molecule has 0 bridgehead atoms. The molecule has 2 heterocycles. The summed E-state index contributed by atoms with van der Waals surface area (Å²) in [7, 11) is -2.09. The Morgan fingerprint density at radius 3 is 2.91 bits per heavy atom. The van der Waals surface area contributed by atoms with Gasteiger partial charge >= 0.3 is 0 Å². The maximum atomic E-state index is 12.7. The highest BCUT2D eigenvalue weighted by atomic mass is 35.5. The number of methoxy groups -OCH3 is 1. The fourth-order valence-electron chi connectivity index (χ4n) is 2.63. The first kappa shape index (κ1) is 15.2. The molecule has 118 valence electrons. The predicted molar refractivity (Wildman–Crippen MR) is 82.8 cm³/mol. The van der Waals surface area contributed by atoms with Gasteiger partial charge in [0.15, 0.2) is 5.76 Å². The van der Waals surface area contributed by atoms with Crippen molar-refractivity contribution >= 4 is 27.3 Å². The lowest BCUT2D eigenvalue weighted by Crippen LogP contribution is -2.36. The summed E-state index contributed by atoms with van der Waals surface area (Å²) in [4.78, 5) is 0. The molecule has 1 aliphatic heterocycles. The maximum absolute atomic E-state index is 12.7. The number of aromatic nitrogens is 1. The van der Waals surface area contributed by atoms with Gasteiger partial charge in [-0.1, -0.05) is 16.8 Å². The zero-order valence-electron chi connectivity index (χ0n) is 12.0. The van der Waals surface area contributed by atoms with Crippen LogP contribution in [0.1, 0.15) is 17.7 Å². The van der Waals surface area contributed by atoms with Crippen LogP contribution >= 0.6 is 11.6 Å². The molecule has 0 amide bonds. The van der Waals surface area contributed by atoms with Gasteiger partial charge in [0.2, 0.25) is 10.0 Å². The Labute approximate surface area is 133 Å². The highest BCUT2D eigenvalue weighted by Crippen LogP contribution is 2.41. The van der Waals surface area contributed by atoms with E-state index >= 15 is 0 Å². The molecule has 1 aliphatic rings. The highest BCUT2D eigenvalue weighted by molar-refractivity contribution is 7.92. The molecule has 0 aliphatic carbocycles. The largest absolute Gasteiger partial charge is 0.495 e. The van der Waals surface area contributed by atoms with Crippen LogP contribution in [0.25, 0.3) is 0 Å². The number of benzene rings is 1. The number of ether oxygens (including phenoxy) is 1. The van der Waals surface area contributed by atoms with Crippen LogP contribution in [0.5, 0.6) is 5.75 Å². The Hall–Kier alpha value is -1.73. The van der Waals surface area contributed by atoms with Crippen molar-refractivity contribution in [1.82, 2.24) is 5.16 Å². The number of fused-ring (bicyclic) bond motifs is 1. The molecule has 6 nitrogen and oxygen atoms in total. The molecular weight excluding hydrogens is 328 g/mol. The number of hydrogen-bond acceptors (Lipinski definition) is 5. The van der Waals surface area contributed by atoms with E-state index in [4.69, 9.17) is 20.9 Å². The smallest absolute Gasteiger partial charge is 0.242 e. The zero-order chi connectivity index (χ0) is 15.7. The minimum absolute atomic E-state index is 0.248. The third-order valence-electron chi connectivity index (χ3n) is 3.60. The molecule has 0 fully saturated rings. The van der Waals surface area contributed by atoms with Crippen LogP contribution in [-0.4, -0.2) is 27.2 Å². The summed E-state index contributed by atoms with van der Waals surface area (Å²) in [5.41, 5.74) is 1.33. The van der Waals surface area contributed by atoms with Crippen molar-refractivity contribution in [1.29, 1.82) is 0 Å². The molecule has 0 radical (unpaired) electrons. The monoisotopic (exact) mass is 342 g/mol. The lowest BCUT2D eigenvalue weighted by atomic mass is 10.0. The maximum Gasteiger partial charge on any atom is 0.242 e. The van der Waals surface area contributed by atoms with Crippen molar-refractivity contribution in [3.8, 4) is 5.75 Å². The van der Waals surface area contributed by atoms with E-state index in [0.717, 1.165) is 12.0 Å². The van der Waals surface area contributed by atoms with Crippen LogP contribution < -0.4 is 9.04 Å². The van der Waals surface area contributed by atoms with E-state index in [1.54, 1.807) is 12.1 Å². The summed E-state index contributed by atoms with van der Waals surface area (Å²) in [5.74, 6) is 0.552. The molecule has 0 spiro atoms. The molecule has 0 unspecified atom stereocenters. The van der Waals surface area contributed by atoms with E-state index in [0.29, 0.717) is 35.2 Å². The van der Waals surface area contributed by atoms with Crippen molar-refractivity contribution in [2.45, 2.75) is 18.6 Å². The SMILES string of the molecule is COc1ccc(Cl)c2c1N(S(=O)(=O)Cc1ccno1)CCC2. The molecule has 1 aromatic heterocycles. The van der Waals surface area contributed by atoms with E-state index in [2.05, 4.69) is 5.16 Å². The third-order valence-corrected chi connectivity index (χ3v) is 5.64. The number of sulfonamides is 1. The van der Waals surface area contributed by atoms with E-state index in [1.165, 1.54) is 23.7 Å². The topological polar surface area (TPSA) is 72.6 Å². The summed E-state index contributed by atoms with van der Waals surface area (Å²) in [5, 5.41) is 4.09. The van der Waals surface area contributed by atoms with Gasteiger partial charge in [-0.2, -0.15) is 0 Å². The Bertz CT molecular complexity index is 774. The lowest BCUT2D eigenvalue weighted by molar-refractivity contribution is 0.392. The first-order valence-corrected chi connectivity index (χ1v) is 8.77. The van der Waals surface area contributed by atoms with Gasteiger partial charge in [-0.15, -0.1) is 0 Å². The minimum atomic E-state index is -3.61.